The summed E-state index contributed by atoms with van der Waals surface area (Å²) in [6.45, 7) is 0. The summed E-state index contributed by atoms with van der Waals surface area (Å²) in [5, 5.41) is 11.2. The normalized spacial score (nSPS) is 12.3. The molecule has 25 heteroatoms. The molecule has 0 aliphatic rings. The van der Waals surface area contributed by atoms with E-state index in [0.29, 0.717) is 5.69 Å². The summed E-state index contributed by atoms with van der Waals surface area (Å²) in [5.41, 5.74) is 23.0. The maximum Gasteiger partial charge on any atom is 0.206 e. The third kappa shape index (κ3) is 15.7. The van der Waals surface area contributed by atoms with Gasteiger partial charge in [0.1, 0.15) is 44.1 Å². The molecule has 0 saturated heterocycles. The van der Waals surface area contributed by atoms with Crippen LogP contribution < -0.4 is 31.8 Å². The monoisotopic (exact) mass is 2100 g/mol. The Bertz CT molecular complexity index is 10700. The van der Waals surface area contributed by atoms with Crippen LogP contribution in [0.2, 0.25) is 0 Å². The summed E-state index contributed by atoms with van der Waals surface area (Å²) in [6.07, 6.45) is 0. The number of nitrogens with zero attached hydrogens (tertiary/aromatic N) is 12. The van der Waals surface area contributed by atoms with Gasteiger partial charge in [-0.15, -0.1) is 0 Å². The fourth-order valence-corrected chi connectivity index (χ4v) is 34.4. The minimum Gasteiger partial charge on any atom is -0.281 e. The predicted molar refractivity (Wildman–Crippen MR) is 630 cm³/mol. The lowest BCUT2D eigenvalue weighted by molar-refractivity contribution is 0.596. The molecule has 0 amide bonds. The molecule has 1 unspecified atom stereocenters. The zero-order valence-corrected chi connectivity index (χ0v) is 87.1. The van der Waals surface area contributed by atoms with Crippen molar-refractivity contribution in [2.24, 2.45) is 0 Å². The van der Waals surface area contributed by atoms with Gasteiger partial charge in [-0.25, -0.2) is 52.5 Å². The Morgan fingerprint density at radius 1 is 0.228 bits per heavy atom. The first-order valence-corrected chi connectivity index (χ1v) is 59.8. The van der Waals surface area contributed by atoms with Crippen LogP contribution in [0.15, 0.2) is 493 Å². The van der Waals surface area contributed by atoms with Gasteiger partial charge in [0, 0.05) is 65.7 Å². The Labute approximate surface area is 881 Å². The molecule has 30 rings (SSSR count). The van der Waals surface area contributed by atoms with Gasteiger partial charge in [-0.05, 0) is 159 Å². The number of imidazole rings is 4. The summed E-state index contributed by atoms with van der Waals surface area (Å²) >= 11 is 20.0. The van der Waals surface area contributed by atoms with E-state index in [1.165, 1.54) is 40.6 Å². The van der Waals surface area contributed by atoms with Gasteiger partial charge in [-0.3, -0.25) is 17.6 Å². The lowest BCUT2D eigenvalue weighted by Gasteiger charge is -2.24. The number of benzene rings is 18. The maximum atomic E-state index is 13.4. The van der Waals surface area contributed by atoms with Crippen molar-refractivity contribution in [3.05, 3.63) is 473 Å². The molecule has 18 aromatic carbocycles. The fraction of sp³-hybridized carbons (Fsp3) is 0. The molecule has 12 heterocycles. The molecule has 710 valence electrons. The van der Waals surface area contributed by atoms with E-state index in [1.807, 2.05) is 140 Å². The largest absolute Gasteiger partial charge is 0.281 e. The number of aromatic nitrogens is 12. The highest BCUT2D eigenvalue weighted by molar-refractivity contribution is 8.26. The quantitative estimate of drug-likeness (QED) is 0.0943. The van der Waals surface area contributed by atoms with Crippen LogP contribution >= 0.6 is 57.4 Å². The Hall–Kier alpha value is -16.2. The van der Waals surface area contributed by atoms with Crippen molar-refractivity contribution in [3.63, 3.8) is 0 Å². The summed E-state index contributed by atoms with van der Waals surface area (Å²) in [4.78, 5) is 46.8. The molecule has 0 fully saturated rings. The second-order valence-corrected chi connectivity index (χ2v) is 52.3. The van der Waals surface area contributed by atoms with Crippen LogP contribution in [-0.4, -0.2) is 70.1 Å². The number of hydrogen-bond donors (Lipinski definition) is 0. The Morgan fingerprint density at radius 3 is 0.859 bits per heavy atom. The van der Waals surface area contributed by atoms with Gasteiger partial charge < -0.3 is 0 Å². The standard InChI is InChI=1S/2C34H22N3PS2.C28H17N3O2S2.C28H17N3OS2/c39-38(24-13-3-1-4-14-24,25-15-5-2-6-16-25)26-17-11-12-23(22-26)31-33-32(27-18-7-8-19-28(27)35-31)36-34-37(33)29-20-9-10-21-30(29)40-34;39-38(24-11-3-1-4-12-24,25-13-5-2-6-14-25)26-21-19-23(20-22-26)31-33-32(27-15-7-8-16-28(27)35-31)36-34-37(33)29-17-9-10-18-30(29)40-34;32-35(33,19-10-2-1-3-11-19)20-12-8-9-18(17-20)25-27-26(21-13-4-5-14-22(21)29-25)30-28-31(27)23-15-6-7-16-24(23)34-28;32-34(19-10-2-1-3-11-19)20-12-8-9-18(17-20)25-27-26(21-13-4-5-14-22(21)29-25)30-28-31(27)23-15-6-7-16-24(23)33-28/h2*1-22H;1-17H;1-17H. The first-order chi connectivity index (χ1) is 73.3. The number of thiazole rings is 4. The van der Waals surface area contributed by atoms with Gasteiger partial charge in [0.25, 0.3) is 0 Å². The lowest BCUT2D eigenvalue weighted by atomic mass is 10.1. The zero-order valence-electron chi connectivity index (χ0n) is 78.8. The molecule has 1 atom stereocenters. The van der Waals surface area contributed by atoms with Crippen LogP contribution in [0.4, 0.5) is 0 Å². The lowest BCUT2D eigenvalue weighted by Crippen LogP contribution is -2.24. The van der Waals surface area contributed by atoms with Crippen molar-refractivity contribution in [2.75, 3.05) is 0 Å². The minimum absolute atomic E-state index is 0.236. The minimum atomic E-state index is -3.67. The molecule has 149 heavy (non-hydrogen) atoms. The summed E-state index contributed by atoms with van der Waals surface area (Å²) in [5.74, 6) is 0. The van der Waals surface area contributed by atoms with Gasteiger partial charge in [-0.2, -0.15) is 0 Å². The van der Waals surface area contributed by atoms with Gasteiger partial charge in [0.05, 0.1) is 106 Å². The van der Waals surface area contributed by atoms with E-state index in [9.17, 15) is 12.6 Å². The Kier molecular flexibility index (Phi) is 23.1. The molecule has 0 spiro atoms. The van der Waals surface area contributed by atoms with Crippen molar-refractivity contribution in [2.45, 2.75) is 19.6 Å². The van der Waals surface area contributed by atoms with E-state index in [-0.39, 0.29) is 9.79 Å². The smallest absolute Gasteiger partial charge is 0.206 e. The van der Waals surface area contributed by atoms with Gasteiger partial charge in [0.2, 0.25) is 9.84 Å². The zero-order chi connectivity index (χ0) is 99.6. The molecule has 0 bridgehead atoms. The second kappa shape index (κ2) is 37.6. The molecule has 15 nitrogen and oxygen atoms in total. The van der Waals surface area contributed by atoms with Crippen LogP contribution in [0.25, 0.3) is 193 Å². The van der Waals surface area contributed by atoms with Crippen molar-refractivity contribution in [1.29, 1.82) is 0 Å². The van der Waals surface area contributed by atoms with E-state index >= 15 is 0 Å². The van der Waals surface area contributed by atoms with E-state index in [4.69, 9.17) is 63.5 Å². The fourth-order valence-electron chi connectivity index (χ4n) is 20.4. The number of para-hydroxylation sites is 8. The molecule has 0 N–H and O–H groups in total. The molecule has 0 radical (unpaired) electrons. The van der Waals surface area contributed by atoms with Crippen molar-refractivity contribution < 1.29 is 12.6 Å². The van der Waals surface area contributed by atoms with Crippen LogP contribution in [-0.2, 0) is 44.3 Å². The summed E-state index contributed by atoms with van der Waals surface area (Å²) in [7, 11) is -4.94. The molecule has 0 aliphatic heterocycles. The first-order valence-electron chi connectivity index (χ1n) is 48.3. The number of pyridine rings is 4. The van der Waals surface area contributed by atoms with Gasteiger partial charge in [0.15, 0.2) is 19.8 Å². The molecular weight excluding hydrogens is 2020 g/mol. The molecular formula is C124H78N12O3P2S8. The number of sulfone groups is 1. The molecule has 12 aromatic heterocycles. The SMILES string of the molecule is O=S(=O)(c1ccccc1)c1cccc(-c2nc3ccccc3c3nc4sc5ccccc5n4c23)c1.O=S(c1ccccc1)c1cccc(-c2nc3ccccc3c3nc4sc5ccccc5n4c23)c1.S=P(c1ccccc1)(c1ccccc1)c1ccc(-c2nc3ccccc3c3nc4sc5ccccc5n4c23)cc1.S=P(c1ccccc1)(c1ccccc1)c1cccc(-c2nc3ccccc3c3nc4sc5ccccc5n4c23)c1. The van der Waals surface area contributed by atoms with Crippen LogP contribution in [0.3, 0.4) is 0 Å². The third-order valence-corrected chi connectivity index (χ3v) is 44.5. The number of fused-ring (bicyclic) bond motifs is 28. The van der Waals surface area contributed by atoms with Crippen LogP contribution in [0.1, 0.15) is 0 Å². The Morgan fingerprint density at radius 2 is 0.490 bits per heavy atom. The van der Waals surface area contributed by atoms with Crippen LogP contribution in [0.5, 0.6) is 0 Å². The van der Waals surface area contributed by atoms with Gasteiger partial charge in [-0.1, -0.05) is 415 Å². The highest BCUT2D eigenvalue weighted by Crippen LogP contribution is 2.49. The summed E-state index contributed by atoms with van der Waals surface area (Å²) < 4.78 is 53.6. The molecule has 30 aromatic rings. The van der Waals surface area contributed by atoms with E-state index in [1.54, 1.807) is 93.9 Å². The highest BCUT2D eigenvalue weighted by atomic mass is 32.4. The van der Waals surface area contributed by atoms with Crippen molar-refractivity contribution in [3.8, 4) is 45.0 Å². The van der Waals surface area contributed by atoms with Crippen molar-refractivity contribution >= 4 is 282 Å². The average Bonchev–Trinajstić information content (AvgIpc) is 1.57. The summed E-state index contributed by atoms with van der Waals surface area (Å²) in [6, 6.07) is 154. The highest BCUT2D eigenvalue weighted by Gasteiger charge is 2.32. The van der Waals surface area contributed by atoms with Crippen molar-refractivity contribution in [1.82, 2.24) is 57.5 Å². The second-order valence-electron chi connectivity index (χ2n) is 36.0. The molecule has 0 aliphatic carbocycles. The van der Waals surface area contributed by atoms with Gasteiger partial charge >= 0.3 is 0 Å². The number of hydrogen-bond acceptors (Lipinski definition) is 17. The molecule has 0 saturated carbocycles. The first kappa shape index (κ1) is 91.4. The van der Waals surface area contributed by atoms with E-state index in [2.05, 4.69) is 303 Å². The van der Waals surface area contributed by atoms with E-state index in [0.717, 1.165) is 189 Å². The maximum absolute atomic E-state index is 13.4. The number of rotatable bonds is 14. The Balaban J connectivity index is 0.0000000981. The topological polar surface area (TPSA) is 172 Å². The third-order valence-electron chi connectivity index (χ3n) is 27.3. The van der Waals surface area contributed by atoms with E-state index < -0.39 is 32.7 Å². The predicted octanol–water partition coefficient (Wildman–Crippen LogP) is 29.2. The average molecular weight is 2100 g/mol. The van der Waals surface area contributed by atoms with Crippen LogP contribution in [0, 0.1) is 0 Å².